The molecule has 0 unspecified atom stereocenters. The van der Waals surface area contributed by atoms with Crippen molar-refractivity contribution in [3.8, 4) is 0 Å². The van der Waals surface area contributed by atoms with Crippen molar-refractivity contribution in [3.05, 3.63) is 35.4 Å². The fourth-order valence-electron chi connectivity index (χ4n) is 1.41. The predicted molar refractivity (Wildman–Crippen MR) is 78.1 cm³/mol. The molecule has 0 aliphatic rings. The lowest BCUT2D eigenvalue weighted by Gasteiger charge is -2.04. The summed E-state index contributed by atoms with van der Waals surface area (Å²) in [5.74, 6) is -0.957. The van der Waals surface area contributed by atoms with Gasteiger partial charge in [0.25, 0.3) is 0 Å². The fraction of sp³-hybridized carbons (Fsp3) is 0.214. The van der Waals surface area contributed by atoms with Gasteiger partial charge >= 0.3 is 11.9 Å². The number of carbonyl (C=O) groups excluding carboxylic acids is 2. The number of benzene rings is 1. The Bertz CT molecular complexity index is 589. The number of hydrogen-bond acceptors (Lipinski definition) is 6. The van der Waals surface area contributed by atoms with E-state index in [9.17, 15) is 9.59 Å². The van der Waals surface area contributed by atoms with Crippen molar-refractivity contribution >= 4 is 41.1 Å². The number of nitrogens with zero attached hydrogens (tertiary/aromatic N) is 1. The second-order valence-electron chi connectivity index (χ2n) is 3.55. The van der Waals surface area contributed by atoms with Crippen LogP contribution in [0.25, 0.3) is 6.08 Å². The fourth-order valence-corrected chi connectivity index (χ4v) is 1.50. The molecule has 0 aliphatic carbocycles. The highest BCUT2D eigenvalue weighted by Crippen LogP contribution is 2.22. The summed E-state index contributed by atoms with van der Waals surface area (Å²) in [5, 5.41) is 2.24. The average molecular weight is 291 g/mol. The molecule has 6 heteroatoms. The number of hydrogen-bond donors (Lipinski definition) is 0. The van der Waals surface area contributed by atoms with Gasteiger partial charge in [0.15, 0.2) is 0 Å². The number of isothiocyanates is 1. The molecule has 0 aliphatic heterocycles. The normalized spacial score (nSPS) is 9.90. The molecule has 1 aromatic rings. The van der Waals surface area contributed by atoms with Gasteiger partial charge in [0.1, 0.15) is 0 Å². The maximum absolute atomic E-state index is 11.7. The lowest BCUT2D eigenvalue weighted by molar-refractivity contribution is -0.134. The van der Waals surface area contributed by atoms with E-state index in [1.165, 1.54) is 19.3 Å². The first-order valence-corrected chi connectivity index (χ1v) is 6.18. The number of esters is 2. The Labute approximate surface area is 121 Å². The Morgan fingerprint density at radius 3 is 2.80 bits per heavy atom. The Morgan fingerprint density at radius 2 is 2.20 bits per heavy atom. The van der Waals surface area contributed by atoms with Crippen molar-refractivity contribution < 1.29 is 19.1 Å². The molecule has 20 heavy (non-hydrogen) atoms. The Morgan fingerprint density at radius 1 is 1.45 bits per heavy atom. The minimum atomic E-state index is -0.510. The van der Waals surface area contributed by atoms with Gasteiger partial charge in [0, 0.05) is 11.6 Å². The minimum absolute atomic E-state index is 0.284. The largest absolute Gasteiger partial charge is 0.466 e. The number of aliphatic imine (C=N–C) groups is 1. The monoisotopic (exact) mass is 291 g/mol. The van der Waals surface area contributed by atoms with E-state index in [4.69, 9.17) is 4.74 Å². The summed E-state index contributed by atoms with van der Waals surface area (Å²) in [4.78, 5) is 26.6. The van der Waals surface area contributed by atoms with Gasteiger partial charge in [0.2, 0.25) is 0 Å². The summed E-state index contributed by atoms with van der Waals surface area (Å²) in [6.07, 6.45) is 2.72. The zero-order valence-electron chi connectivity index (χ0n) is 11.1. The smallest absolute Gasteiger partial charge is 0.338 e. The van der Waals surface area contributed by atoms with Crippen LogP contribution in [0.15, 0.2) is 29.3 Å². The van der Waals surface area contributed by atoms with Gasteiger partial charge in [-0.15, -0.1) is 0 Å². The molecule has 104 valence electrons. The van der Waals surface area contributed by atoms with Crippen LogP contribution < -0.4 is 0 Å². The number of thiocarbonyl (C=S) groups is 1. The maximum Gasteiger partial charge on any atom is 0.338 e. The summed E-state index contributed by atoms with van der Waals surface area (Å²) in [5.41, 5.74) is 1.39. The molecule has 1 aromatic carbocycles. The molecule has 0 fully saturated rings. The van der Waals surface area contributed by atoms with E-state index < -0.39 is 11.9 Å². The summed E-state index contributed by atoms with van der Waals surface area (Å²) in [6.45, 7) is 2.01. The SMILES string of the molecule is CCOC(=O)c1ccc(N=C=S)c(/C=C/C(=O)OC)c1. The van der Waals surface area contributed by atoms with Crippen LogP contribution in [0.5, 0.6) is 0 Å². The zero-order chi connectivity index (χ0) is 15.0. The van der Waals surface area contributed by atoms with Crippen LogP contribution in [0.3, 0.4) is 0 Å². The first-order chi connectivity index (χ1) is 9.62. The van der Waals surface area contributed by atoms with E-state index >= 15 is 0 Å². The third-order valence-corrected chi connectivity index (χ3v) is 2.40. The van der Waals surface area contributed by atoms with E-state index in [0.29, 0.717) is 16.8 Å². The minimum Gasteiger partial charge on any atom is -0.466 e. The van der Waals surface area contributed by atoms with Gasteiger partial charge in [-0.25, -0.2) is 9.59 Å². The van der Waals surface area contributed by atoms with E-state index in [2.05, 4.69) is 27.1 Å². The van der Waals surface area contributed by atoms with E-state index in [-0.39, 0.29) is 6.61 Å². The van der Waals surface area contributed by atoms with Gasteiger partial charge in [-0.05, 0) is 43.4 Å². The van der Waals surface area contributed by atoms with E-state index in [0.717, 1.165) is 0 Å². The van der Waals surface area contributed by atoms with Crippen molar-refractivity contribution in [3.63, 3.8) is 0 Å². The summed E-state index contributed by atoms with van der Waals surface area (Å²) in [7, 11) is 1.28. The third kappa shape index (κ3) is 4.42. The highest BCUT2D eigenvalue weighted by atomic mass is 32.1. The van der Waals surface area contributed by atoms with Gasteiger partial charge in [-0.3, -0.25) is 0 Å². The van der Waals surface area contributed by atoms with Crippen molar-refractivity contribution in [1.82, 2.24) is 0 Å². The van der Waals surface area contributed by atoms with Crippen LogP contribution in [-0.4, -0.2) is 30.8 Å². The number of carbonyl (C=O) groups is 2. The average Bonchev–Trinajstić information content (AvgIpc) is 2.46. The van der Waals surface area contributed by atoms with Gasteiger partial charge in [-0.1, -0.05) is 0 Å². The van der Waals surface area contributed by atoms with Crippen LogP contribution >= 0.6 is 12.2 Å². The molecule has 0 spiro atoms. The topological polar surface area (TPSA) is 65.0 Å². The summed E-state index contributed by atoms with van der Waals surface area (Å²) in [6, 6.07) is 4.73. The first-order valence-electron chi connectivity index (χ1n) is 5.77. The lowest BCUT2D eigenvalue weighted by Crippen LogP contribution is -2.04. The molecule has 0 radical (unpaired) electrons. The predicted octanol–water partition coefficient (Wildman–Crippen LogP) is 2.78. The van der Waals surface area contributed by atoms with Crippen LogP contribution in [0.4, 0.5) is 5.69 Å². The number of rotatable bonds is 5. The van der Waals surface area contributed by atoms with Crippen LogP contribution in [-0.2, 0) is 14.3 Å². The third-order valence-electron chi connectivity index (χ3n) is 2.30. The molecule has 0 N–H and O–H groups in total. The molecular weight excluding hydrogens is 278 g/mol. The molecule has 0 atom stereocenters. The van der Waals surface area contributed by atoms with Crippen molar-refractivity contribution in [2.24, 2.45) is 4.99 Å². The molecule has 0 saturated heterocycles. The van der Waals surface area contributed by atoms with Crippen LogP contribution in [0.1, 0.15) is 22.8 Å². The van der Waals surface area contributed by atoms with Gasteiger partial charge < -0.3 is 9.47 Å². The summed E-state index contributed by atoms with van der Waals surface area (Å²) >= 11 is 4.55. The second kappa shape index (κ2) is 7.99. The van der Waals surface area contributed by atoms with Crippen LogP contribution in [0, 0.1) is 0 Å². The number of ether oxygens (including phenoxy) is 2. The van der Waals surface area contributed by atoms with Gasteiger partial charge in [-0.2, -0.15) is 4.99 Å². The Hall–Kier alpha value is -2.30. The first kappa shape index (κ1) is 15.8. The molecule has 0 heterocycles. The van der Waals surface area contributed by atoms with Crippen LogP contribution in [0.2, 0.25) is 0 Å². The second-order valence-corrected chi connectivity index (χ2v) is 3.74. The lowest BCUT2D eigenvalue weighted by atomic mass is 10.1. The standard InChI is InChI=1S/C14H13NO4S/c1-3-19-14(17)11-4-6-12(15-9-20)10(8-11)5-7-13(16)18-2/h4-8H,3H2,1-2H3/b7-5+. The molecule has 0 bridgehead atoms. The molecule has 0 aromatic heterocycles. The van der Waals surface area contributed by atoms with Crippen molar-refractivity contribution in [2.75, 3.05) is 13.7 Å². The Kier molecular flexibility index (Phi) is 6.29. The number of methoxy groups -OCH3 is 1. The highest BCUT2D eigenvalue weighted by Gasteiger charge is 2.09. The molecule has 0 saturated carbocycles. The van der Waals surface area contributed by atoms with Gasteiger partial charge in [0.05, 0.1) is 30.1 Å². The maximum atomic E-state index is 11.7. The van der Waals surface area contributed by atoms with E-state index in [1.807, 2.05) is 0 Å². The van der Waals surface area contributed by atoms with Crippen molar-refractivity contribution in [2.45, 2.75) is 6.92 Å². The molecule has 5 nitrogen and oxygen atoms in total. The molecular formula is C14H13NO4S. The molecule has 0 amide bonds. The Balaban J connectivity index is 3.18. The highest BCUT2D eigenvalue weighted by molar-refractivity contribution is 7.78. The quantitative estimate of drug-likeness (QED) is 0.361. The van der Waals surface area contributed by atoms with E-state index in [1.54, 1.807) is 25.1 Å². The molecule has 1 rings (SSSR count). The zero-order valence-corrected chi connectivity index (χ0v) is 11.9. The van der Waals surface area contributed by atoms with Crippen molar-refractivity contribution in [1.29, 1.82) is 0 Å². The summed E-state index contributed by atoms with van der Waals surface area (Å²) < 4.78 is 9.41.